The molecule has 0 fully saturated rings. The second-order valence-corrected chi connectivity index (χ2v) is 4.22. The topological polar surface area (TPSA) is 50.9 Å². The number of nitrogens with two attached hydrogens (primary N) is 1. The van der Waals surface area contributed by atoms with Crippen molar-refractivity contribution in [3.8, 4) is 0 Å². The van der Waals surface area contributed by atoms with E-state index in [2.05, 4.69) is 26.2 Å². The highest BCUT2D eigenvalue weighted by molar-refractivity contribution is 9.10. The molecule has 1 aromatic rings. The van der Waals surface area contributed by atoms with E-state index in [1.807, 2.05) is 0 Å². The molecule has 0 aromatic carbocycles. The Labute approximate surface area is 99.1 Å². The maximum Gasteiger partial charge on any atom is 0.276 e. The van der Waals surface area contributed by atoms with Crippen LogP contribution >= 0.6 is 27.5 Å². The fourth-order valence-electron chi connectivity index (χ4n) is 0.830. The minimum atomic E-state index is -2.96. The van der Waals surface area contributed by atoms with Crippen LogP contribution in [0.15, 0.2) is 16.7 Å². The summed E-state index contributed by atoms with van der Waals surface area (Å²) in [5, 5.41) is 2.71. The molecule has 0 aliphatic heterocycles. The van der Waals surface area contributed by atoms with Gasteiger partial charge < -0.3 is 11.1 Å². The van der Waals surface area contributed by atoms with Crippen LogP contribution in [0, 0.1) is 0 Å². The lowest BCUT2D eigenvalue weighted by molar-refractivity contribution is 0.0253. The van der Waals surface area contributed by atoms with Gasteiger partial charge in [0.1, 0.15) is 5.82 Å². The van der Waals surface area contributed by atoms with Crippen molar-refractivity contribution < 1.29 is 8.78 Å². The molecule has 1 aromatic heterocycles. The first-order valence-corrected chi connectivity index (χ1v) is 5.24. The molecule has 0 saturated heterocycles. The first-order valence-electron chi connectivity index (χ1n) is 4.07. The summed E-state index contributed by atoms with van der Waals surface area (Å²) in [7, 11) is 0. The molecule has 0 aliphatic rings. The zero-order valence-corrected chi connectivity index (χ0v) is 9.95. The highest BCUT2D eigenvalue weighted by atomic mass is 79.9. The van der Waals surface area contributed by atoms with E-state index in [1.54, 1.807) is 6.07 Å². The van der Waals surface area contributed by atoms with E-state index in [4.69, 9.17) is 17.3 Å². The monoisotopic (exact) mass is 299 g/mol. The molecule has 7 heteroatoms. The lowest BCUT2D eigenvalue weighted by Gasteiger charge is -2.15. The summed E-state index contributed by atoms with van der Waals surface area (Å²) in [6.45, 7) is -1.30. The summed E-state index contributed by atoms with van der Waals surface area (Å²) >= 11 is 8.93. The van der Waals surface area contributed by atoms with Crippen molar-refractivity contribution in [3.05, 3.63) is 21.8 Å². The molecule has 3 nitrogen and oxygen atoms in total. The summed E-state index contributed by atoms with van der Waals surface area (Å²) in [5.74, 6) is -2.74. The Bertz CT molecular complexity index is 349. The zero-order valence-electron chi connectivity index (χ0n) is 7.61. The summed E-state index contributed by atoms with van der Waals surface area (Å²) in [5.41, 5.74) is 4.88. The first-order chi connectivity index (χ1) is 6.94. The number of halogens is 4. The molecule has 0 spiro atoms. The lowest BCUT2D eigenvalue weighted by Crippen LogP contribution is -2.35. The molecule has 3 N–H and O–H groups in total. The molecule has 0 radical (unpaired) electrons. The average Bonchev–Trinajstić information content (AvgIpc) is 2.16. The third-order valence-electron chi connectivity index (χ3n) is 1.62. The number of nitrogens with zero attached hydrogens (tertiary/aromatic N) is 1. The predicted molar refractivity (Wildman–Crippen MR) is 59.4 cm³/mol. The van der Waals surface area contributed by atoms with Crippen LogP contribution in [-0.2, 0) is 0 Å². The van der Waals surface area contributed by atoms with Crippen LogP contribution in [0.4, 0.5) is 14.6 Å². The second kappa shape index (κ2) is 5.05. The van der Waals surface area contributed by atoms with Crippen molar-refractivity contribution in [3.63, 3.8) is 0 Å². The molecular formula is C8H9BrClF2N3. The van der Waals surface area contributed by atoms with Crippen molar-refractivity contribution in [2.24, 2.45) is 5.73 Å². The van der Waals surface area contributed by atoms with E-state index < -0.39 is 19.0 Å². The molecule has 1 heterocycles. The molecular weight excluding hydrogens is 291 g/mol. The van der Waals surface area contributed by atoms with Gasteiger partial charge in [-0.05, 0) is 22.0 Å². The van der Waals surface area contributed by atoms with Crippen molar-refractivity contribution in [1.29, 1.82) is 0 Å². The number of hydrogen-bond acceptors (Lipinski definition) is 3. The molecule has 84 valence electrons. The molecule has 0 atom stereocenters. The van der Waals surface area contributed by atoms with Crippen molar-refractivity contribution in [2.45, 2.75) is 5.92 Å². The number of alkyl halides is 2. The van der Waals surface area contributed by atoms with E-state index in [1.165, 1.54) is 6.20 Å². The number of anilines is 1. The van der Waals surface area contributed by atoms with E-state index in [-0.39, 0.29) is 10.8 Å². The number of hydrogen-bond donors (Lipinski definition) is 2. The molecule has 15 heavy (non-hydrogen) atoms. The van der Waals surface area contributed by atoms with Crippen molar-refractivity contribution in [1.82, 2.24) is 4.98 Å². The highest BCUT2D eigenvalue weighted by Crippen LogP contribution is 2.23. The van der Waals surface area contributed by atoms with Gasteiger partial charge in [-0.25, -0.2) is 13.8 Å². The predicted octanol–water partition coefficient (Wildman–Crippen LogP) is 2.50. The smallest absolute Gasteiger partial charge is 0.276 e. The van der Waals surface area contributed by atoms with Gasteiger partial charge in [0.05, 0.1) is 18.1 Å². The van der Waals surface area contributed by atoms with Gasteiger partial charge >= 0.3 is 0 Å². The van der Waals surface area contributed by atoms with E-state index in [0.717, 1.165) is 0 Å². The number of pyridine rings is 1. The largest absolute Gasteiger partial charge is 0.363 e. The fraction of sp³-hybridized carbons (Fsp3) is 0.375. The van der Waals surface area contributed by atoms with Gasteiger partial charge in [0.15, 0.2) is 0 Å². The Hall–Kier alpha value is -0.460. The Morgan fingerprint density at radius 3 is 2.80 bits per heavy atom. The zero-order chi connectivity index (χ0) is 11.5. The van der Waals surface area contributed by atoms with Crippen LogP contribution in [0.5, 0.6) is 0 Å². The maximum atomic E-state index is 12.8. The van der Waals surface area contributed by atoms with Gasteiger partial charge in [-0.3, -0.25) is 0 Å². The minimum absolute atomic E-state index is 0.216. The third-order valence-corrected chi connectivity index (χ3v) is 2.34. The quantitative estimate of drug-likeness (QED) is 0.898. The normalized spacial score (nSPS) is 11.5. The van der Waals surface area contributed by atoms with Gasteiger partial charge in [0, 0.05) is 10.7 Å². The number of rotatable bonds is 4. The van der Waals surface area contributed by atoms with Crippen molar-refractivity contribution >= 4 is 33.3 Å². The van der Waals surface area contributed by atoms with Gasteiger partial charge in [-0.1, -0.05) is 11.6 Å². The van der Waals surface area contributed by atoms with Gasteiger partial charge in [-0.2, -0.15) is 0 Å². The molecule has 0 unspecified atom stereocenters. The van der Waals surface area contributed by atoms with Crippen LogP contribution in [0.2, 0.25) is 5.02 Å². The van der Waals surface area contributed by atoms with Crippen LogP contribution in [-0.4, -0.2) is 24.0 Å². The Balaban J connectivity index is 2.66. The van der Waals surface area contributed by atoms with Gasteiger partial charge in [0.25, 0.3) is 5.92 Å². The number of nitrogens with one attached hydrogen (secondary N) is 1. The van der Waals surface area contributed by atoms with E-state index in [9.17, 15) is 8.78 Å². The maximum absolute atomic E-state index is 12.8. The van der Waals surface area contributed by atoms with E-state index >= 15 is 0 Å². The third kappa shape index (κ3) is 3.89. The van der Waals surface area contributed by atoms with Crippen LogP contribution in [0.3, 0.4) is 0 Å². The van der Waals surface area contributed by atoms with Crippen LogP contribution < -0.4 is 11.1 Å². The summed E-state index contributed by atoms with van der Waals surface area (Å²) < 4.78 is 26.2. The van der Waals surface area contributed by atoms with E-state index in [0.29, 0.717) is 4.47 Å². The Kier molecular flexibility index (Phi) is 4.24. The Morgan fingerprint density at radius 2 is 2.27 bits per heavy atom. The molecule has 0 bridgehead atoms. The van der Waals surface area contributed by atoms with Crippen LogP contribution in [0.25, 0.3) is 0 Å². The molecule has 0 amide bonds. The molecule has 0 saturated carbocycles. The molecule has 0 aliphatic carbocycles. The molecule has 1 rings (SSSR count). The fourth-order valence-corrected chi connectivity index (χ4v) is 1.53. The minimum Gasteiger partial charge on any atom is -0.363 e. The van der Waals surface area contributed by atoms with Gasteiger partial charge in [-0.15, -0.1) is 0 Å². The van der Waals surface area contributed by atoms with Crippen molar-refractivity contribution in [2.75, 3.05) is 18.4 Å². The Morgan fingerprint density at radius 1 is 1.60 bits per heavy atom. The highest BCUT2D eigenvalue weighted by Gasteiger charge is 2.26. The second-order valence-electron chi connectivity index (χ2n) is 2.90. The summed E-state index contributed by atoms with van der Waals surface area (Å²) in [6.07, 6.45) is 1.47. The summed E-state index contributed by atoms with van der Waals surface area (Å²) in [6, 6.07) is 1.57. The number of aromatic nitrogens is 1. The van der Waals surface area contributed by atoms with Crippen LogP contribution in [0.1, 0.15) is 0 Å². The average molecular weight is 301 g/mol. The lowest BCUT2D eigenvalue weighted by atomic mass is 10.3. The SMILES string of the molecule is NCC(F)(F)CNc1ncc(Br)cc1Cl. The van der Waals surface area contributed by atoms with Gasteiger partial charge in [0.2, 0.25) is 0 Å². The first kappa shape index (κ1) is 12.6. The summed E-state index contributed by atoms with van der Waals surface area (Å²) in [4.78, 5) is 3.85. The standard InChI is InChI=1S/C8H9BrClF2N3/c9-5-1-6(10)7(14-2-5)15-4-8(11,12)3-13/h1-2H,3-4,13H2,(H,14,15).